The monoisotopic (exact) mass is 263 g/mol. The first kappa shape index (κ1) is 15.0. The van der Waals surface area contributed by atoms with Gasteiger partial charge in [-0.25, -0.2) is 0 Å². The molecular formula is C14H21N3O2. The molecule has 0 aromatic heterocycles. The third-order valence-electron chi connectivity index (χ3n) is 2.51. The van der Waals surface area contributed by atoms with Crippen LogP contribution < -0.4 is 16.0 Å². The molecule has 0 bridgehead atoms. The molecule has 104 valence electrons. The average Bonchev–Trinajstić information content (AvgIpc) is 2.43. The van der Waals surface area contributed by atoms with Crippen molar-refractivity contribution in [3.05, 3.63) is 29.8 Å². The molecule has 0 atom stereocenters. The maximum absolute atomic E-state index is 11.8. The van der Waals surface area contributed by atoms with E-state index in [1.807, 2.05) is 26.0 Å². The van der Waals surface area contributed by atoms with Gasteiger partial charge in [0.1, 0.15) is 0 Å². The van der Waals surface area contributed by atoms with E-state index in [9.17, 15) is 9.59 Å². The fraction of sp³-hybridized carbons (Fsp3) is 0.429. The van der Waals surface area contributed by atoms with Crippen LogP contribution in [0.3, 0.4) is 0 Å². The Morgan fingerprint density at radius 3 is 2.32 bits per heavy atom. The first-order valence-electron chi connectivity index (χ1n) is 6.56. The van der Waals surface area contributed by atoms with Crippen LogP contribution in [0.4, 0.5) is 5.69 Å². The summed E-state index contributed by atoms with van der Waals surface area (Å²) in [7, 11) is 0. The Labute approximate surface area is 113 Å². The van der Waals surface area contributed by atoms with Crippen molar-refractivity contribution in [3.8, 4) is 0 Å². The van der Waals surface area contributed by atoms with E-state index in [1.54, 1.807) is 12.1 Å². The van der Waals surface area contributed by atoms with Crippen molar-refractivity contribution < 1.29 is 9.59 Å². The normalized spacial score (nSPS) is 9.79. The van der Waals surface area contributed by atoms with E-state index in [-0.39, 0.29) is 18.4 Å². The molecule has 0 spiro atoms. The number of carbonyl (C=O) groups is 2. The summed E-state index contributed by atoms with van der Waals surface area (Å²) in [6.07, 6.45) is 0.881. The second kappa shape index (κ2) is 8.13. The molecule has 2 amide bonds. The van der Waals surface area contributed by atoms with E-state index < -0.39 is 0 Å². The lowest BCUT2D eigenvalue weighted by molar-refractivity contribution is -0.120. The molecule has 0 heterocycles. The van der Waals surface area contributed by atoms with Crippen LogP contribution in [-0.4, -0.2) is 31.4 Å². The number of hydrogen-bond acceptors (Lipinski definition) is 3. The first-order valence-corrected chi connectivity index (χ1v) is 6.56. The van der Waals surface area contributed by atoms with Gasteiger partial charge < -0.3 is 16.0 Å². The summed E-state index contributed by atoms with van der Waals surface area (Å²) in [6.45, 7) is 5.46. The van der Waals surface area contributed by atoms with Crippen LogP contribution >= 0.6 is 0 Å². The number of anilines is 1. The van der Waals surface area contributed by atoms with Crippen molar-refractivity contribution in [3.63, 3.8) is 0 Å². The summed E-state index contributed by atoms with van der Waals surface area (Å²) in [5.74, 6) is -0.408. The van der Waals surface area contributed by atoms with Crippen molar-refractivity contribution in [1.82, 2.24) is 10.6 Å². The quantitative estimate of drug-likeness (QED) is 0.696. The SMILES string of the molecule is CCCNC(=O)CNC(=O)c1ccc(NCC)cc1. The van der Waals surface area contributed by atoms with Crippen molar-refractivity contribution in [2.45, 2.75) is 20.3 Å². The second-order valence-corrected chi connectivity index (χ2v) is 4.14. The molecule has 3 N–H and O–H groups in total. The Morgan fingerprint density at radius 1 is 1.05 bits per heavy atom. The van der Waals surface area contributed by atoms with Gasteiger partial charge in [0.05, 0.1) is 6.54 Å². The molecule has 0 saturated carbocycles. The molecule has 5 nitrogen and oxygen atoms in total. The summed E-state index contributed by atoms with van der Waals surface area (Å²) in [5, 5.41) is 8.44. The number of carbonyl (C=O) groups excluding carboxylic acids is 2. The van der Waals surface area contributed by atoms with Gasteiger partial charge in [0.2, 0.25) is 5.91 Å². The minimum absolute atomic E-state index is 0.00773. The lowest BCUT2D eigenvalue weighted by Gasteiger charge is -2.07. The predicted octanol–water partition coefficient (Wildman–Crippen LogP) is 1.37. The zero-order valence-corrected chi connectivity index (χ0v) is 11.5. The topological polar surface area (TPSA) is 70.2 Å². The van der Waals surface area contributed by atoms with Crippen LogP contribution in [0.25, 0.3) is 0 Å². The van der Waals surface area contributed by atoms with Crippen molar-refractivity contribution in [1.29, 1.82) is 0 Å². The molecule has 0 fully saturated rings. The first-order chi connectivity index (χ1) is 9.17. The number of amides is 2. The molecule has 0 aliphatic carbocycles. The molecule has 0 aliphatic heterocycles. The molecule has 19 heavy (non-hydrogen) atoms. The van der Waals surface area contributed by atoms with Crippen LogP contribution in [0.2, 0.25) is 0 Å². The van der Waals surface area contributed by atoms with Crippen LogP contribution in [0.5, 0.6) is 0 Å². The van der Waals surface area contributed by atoms with Gasteiger partial charge in [0.15, 0.2) is 0 Å². The third-order valence-corrected chi connectivity index (χ3v) is 2.51. The summed E-state index contributed by atoms with van der Waals surface area (Å²) >= 11 is 0. The predicted molar refractivity (Wildman–Crippen MR) is 76.2 cm³/mol. The minimum Gasteiger partial charge on any atom is -0.385 e. The summed E-state index contributed by atoms with van der Waals surface area (Å²) < 4.78 is 0. The third kappa shape index (κ3) is 5.42. The number of nitrogens with one attached hydrogen (secondary N) is 3. The van der Waals surface area contributed by atoms with Crippen molar-refractivity contribution in [2.75, 3.05) is 25.0 Å². The Kier molecular flexibility index (Phi) is 6.43. The Balaban J connectivity index is 2.42. The molecule has 5 heteroatoms. The Bertz CT molecular complexity index is 415. The van der Waals surface area contributed by atoms with Crippen molar-refractivity contribution in [2.24, 2.45) is 0 Å². The van der Waals surface area contributed by atoms with E-state index in [0.717, 1.165) is 18.7 Å². The highest BCUT2D eigenvalue weighted by Crippen LogP contribution is 2.08. The van der Waals surface area contributed by atoms with Crippen LogP contribution in [0, 0.1) is 0 Å². The van der Waals surface area contributed by atoms with E-state index >= 15 is 0 Å². The lowest BCUT2D eigenvalue weighted by atomic mass is 10.2. The molecule has 0 aliphatic rings. The van der Waals surface area contributed by atoms with E-state index in [2.05, 4.69) is 16.0 Å². The number of benzene rings is 1. The van der Waals surface area contributed by atoms with E-state index in [0.29, 0.717) is 12.1 Å². The zero-order valence-electron chi connectivity index (χ0n) is 11.5. The smallest absolute Gasteiger partial charge is 0.251 e. The lowest BCUT2D eigenvalue weighted by Crippen LogP contribution is -2.37. The van der Waals surface area contributed by atoms with Gasteiger partial charge in [-0.05, 0) is 37.6 Å². The summed E-state index contributed by atoms with van der Waals surface area (Å²) in [5.41, 5.74) is 1.52. The van der Waals surface area contributed by atoms with Crippen LogP contribution in [-0.2, 0) is 4.79 Å². The molecule has 1 aromatic rings. The fourth-order valence-electron chi connectivity index (χ4n) is 1.53. The molecule has 0 unspecified atom stereocenters. The summed E-state index contributed by atoms with van der Waals surface area (Å²) in [4.78, 5) is 23.1. The summed E-state index contributed by atoms with van der Waals surface area (Å²) in [6, 6.07) is 7.15. The maximum atomic E-state index is 11.8. The fourth-order valence-corrected chi connectivity index (χ4v) is 1.53. The number of hydrogen-bond donors (Lipinski definition) is 3. The van der Waals surface area contributed by atoms with Gasteiger partial charge in [0, 0.05) is 24.3 Å². The highest BCUT2D eigenvalue weighted by molar-refractivity contribution is 5.96. The van der Waals surface area contributed by atoms with Gasteiger partial charge in [0.25, 0.3) is 5.91 Å². The van der Waals surface area contributed by atoms with Crippen LogP contribution in [0.15, 0.2) is 24.3 Å². The highest BCUT2D eigenvalue weighted by Gasteiger charge is 2.07. The second-order valence-electron chi connectivity index (χ2n) is 4.14. The Hall–Kier alpha value is -2.04. The zero-order chi connectivity index (χ0) is 14.1. The van der Waals surface area contributed by atoms with Crippen molar-refractivity contribution >= 4 is 17.5 Å². The minimum atomic E-state index is -0.241. The van der Waals surface area contributed by atoms with Gasteiger partial charge in [-0.15, -0.1) is 0 Å². The molecule has 0 radical (unpaired) electrons. The maximum Gasteiger partial charge on any atom is 0.251 e. The average molecular weight is 263 g/mol. The largest absolute Gasteiger partial charge is 0.385 e. The Morgan fingerprint density at radius 2 is 1.74 bits per heavy atom. The number of rotatable bonds is 7. The molecular weight excluding hydrogens is 242 g/mol. The molecule has 1 rings (SSSR count). The van der Waals surface area contributed by atoms with Crippen LogP contribution in [0.1, 0.15) is 30.6 Å². The standard InChI is InChI=1S/C14H21N3O2/c1-3-9-16-13(18)10-17-14(19)11-5-7-12(8-6-11)15-4-2/h5-8,15H,3-4,9-10H2,1-2H3,(H,16,18)(H,17,19). The molecule has 0 saturated heterocycles. The van der Waals surface area contributed by atoms with E-state index in [1.165, 1.54) is 0 Å². The van der Waals surface area contributed by atoms with Gasteiger partial charge in [-0.1, -0.05) is 6.92 Å². The van der Waals surface area contributed by atoms with E-state index in [4.69, 9.17) is 0 Å². The van der Waals surface area contributed by atoms with Gasteiger partial charge in [-0.3, -0.25) is 9.59 Å². The highest BCUT2D eigenvalue weighted by atomic mass is 16.2. The van der Waals surface area contributed by atoms with Gasteiger partial charge >= 0.3 is 0 Å². The van der Waals surface area contributed by atoms with Gasteiger partial charge in [-0.2, -0.15) is 0 Å². The molecule has 1 aromatic carbocycles.